The Morgan fingerprint density at radius 3 is 2.25 bits per heavy atom. The SMILES string of the molecule is CCN(C)c1ccc(SC)cc1. The van der Waals surface area contributed by atoms with Crippen LogP contribution in [0, 0.1) is 0 Å². The molecule has 12 heavy (non-hydrogen) atoms. The van der Waals surface area contributed by atoms with Crippen LogP contribution in [0.25, 0.3) is 0 Å². The summed E-state index contributed by atoms with van der Waals surface area (Å²) in [6.07, 6.45) is 2.10. The molecule has 1 nitrogen and oxygen atoms in total. The maximum Gasteiger partial charge on any atom is 0.0364 e. The lowest BCUT2D eigenvalue weighted by molar-refractivity contribution is 0.967. The zero-order valence-electron chi connectivity index (χ0n) is 7.87. The highest BCUT2D eigenvalue weighted by molar-refractivity contribution is 7.98. The van der Waals surface area contributed by atoms with Crippen LogP contribution in [0.5, 0.6) is 0 Å². The number of hydrogen-bond donors (Lipinski definition) is 0. The summed E-state index contributed by atoms with van der Waals surface area (Å²) in [5.41, 5.74) is 1.29. The molecule has 1 rings (SSSR count). The van der Waals surface area contributed by atoms with Crippen molar-refractivity contribution in [3.63, 3.8) is 0 Å². The molecule has 0 N–H and O–H groups in total. The van der Waals surface area contributed by atoms with Gasteiger partial charge in [-0.2, -0.15) is 0 Å². The molecule has 0 aliphatic heterocycles. The van der Waals surface area contributed by atoms with Crippen molar-refractivity contribution < 1.29 is 0 Å². The Kier molecular flexibility index (Phi) is 3.48. The first-order chi connectivity index (χ1) is 5.77. The summed E-state index contributed by atoms with van der Waals surface area (Å²) < 4.78 is 0. The second-order valence-electron chi connectivity index (χ2n) is 2.71. The molecule has 0 aliphatic carbocycles. The van der Waals surface area contributed by atoms with E-state index in [1.807, 2.05) is 0 Å². The molecule has 0 saturated heterocycles. The van der Waals surface area contributed by atoms with Gasteiger partial charge >= 0.3 is 0 Å². The van der Waals surface area contributed by atoms with Gasteiger partial charge in [0.1, 0.15) is 0 Å². The number of anilines is 1. The first-order valence-electron chi connectivity index (χ1n) is 4.13. The van der Waals surface area contributed by atoms with E-state index in [2.05, 4.69) is 49.4 Å². The summed E-state index contributed by atoms with van der Waals surface area (Å²) in [7, 11) is 2.11. The third-order valence-corrected chi connectivity index (χ3v) is 2.73. The Hall–Kier alpha value is -0.630. The Labute approximate surface area is 78.8 Å². The minimum absolute atomic E-state index is 1.05. The molecule has 0 heterocycles. The van der Waals surface area contributed by atoms with Crippen LogP contribution >= 0.6 is 11.8 Å². The van der Waals surface area contributed by atoms with Crippen LogP contribution in [-0.2, 0) is 0 Å². The third kappa shape index (κ3) is 2.18. The molecule has 0 radical (unpaired) electrons. The predicted molar refractivity (Wildman–Crippen MR) is 57.2 cm³/mol. The van der Waals surface area contributed by atoms with Gasteiger partial charge in [-0.15, -0.1) is 11.8 Å². The van der Waals surface area contributed by atoms with E-state index in [0.29, 0.717) is 0 Å². The Bertz CT molecular complexity index is 230. The van der Waals surface area contributed by atoms with Gasteiger partial charge in [-0.1, -0.05) is 0 Å². The van der Waals surface area contributed by atoms with Crippen LogP contribution in [0.2, 0.25) is 0 Å². The topological polar surface area (TPSA) is 3.24 Å². The van der Waals surface area contributed by atoms with Crippen molar-refractivity contribution in [3.05, 3.63) is 24.3 Å². The van der Waals surface area contributed by atoms with Gasteiger partial charge in [0.2, 0.25) is 0 Å². The number of hydrogen-bond acceptors (Lipinski definition) is 2. The fourth-order valence-electron chi connectivity index (χ4n) is 1.02. The van der Waals surface area contributed by atoms with E-state index >= 15 is 0 Å². The van der Waals surface area contributed by atoms with E-state index in [1.165, 1.54) is 10.6 Å². The van der Waals surface area contributed by atoms with Gasteiger partial charge in [0.25, 0.3) is 0 Å². The van der Waals surface area contributed by atoms with Gasteiger partial charge < -0.3 is 4.90 Å². The largest absolute Gasteiger partial charge is 0.375 e. The van der Waals surface area contributed by atoms with Crippen LogP contribution in [-0.4, -0.2) is 19.8 Å². The van der Waals surface area contributed by atoms with Crippen LogP contribution in [0.15, 0.2) is 29.2 Å². The van der Waals surface area contributed by atoms with Crippen LogP contribution in [0.1, 0.15) is 6.92 Å². The van der Waals surface area contributed by atoms with Gasteiger partial charge in [-0.25, -0.2) is 0 Å². The van der Waals surface area contributed by atoms with Crippen molar-refractivity contribution in [1.82, 2.24) is 0 Å². The van der Waals surface area contributed by atoms with Crippen molar-refractivity contribution in [2.45, 2.75) is 11.8 Å². The molecule has 2 heteroatoms. The first-order valence-corrected chi connectivity index (χ1v) is 5.35. The standard InChI is InChI=1S/C10H15NS/c1-4-11(2)9-5-7-10(12-3)8-6-9/h5-8H,4H2,1-3H3. The first kappa shape index (κ1) is 9.46. The Morgan fingerprint density at radius 1 is 1.25 bits per heavy atom. The van der Waals surface area contributed by atoms with E-state index in [0.717, 1.165) is 6.54 Å². The smallest absolute Gasteiger partial charge is 0.0364 e. The summed E-state index contributed by atoms with van der Waals surface area (Å²) >= 11 is 1.78. The molecule has 0 fully saturated rings. The zero-order valence-corrected chi connectivity index (χ0v) is 8.69. The summed E-state index contributed by atoms with van der Waals surface area (Å²) in [5.74, 6) is 0. The molecule has 0 spiro atoms. The fraction of sp³-hybridized carbons (Fsp3) is 0.400. The van der Waals surface area contributed by atoms with Gasteiger partial charge in [-0.3, -0.25) is 0 Å². The van der Waals surface area contributed by atoms with Crippen LogP contribution in [0.4, 0.5) is 5.69 Å². The van der Waals surface area contributed by atoms with E-state index in [1.54, 1.807) is 11.8 Å². The molecule has 0 unspecified atom stereocenters. The lowest BCUT2D eigenvalue weighted by Crippen LogP contribution is -2.15. The summed E-state index contributed by atoms with van der Waals surface area (Å²) in [6.45, 7) is 3.21. The molecule has 1 aromatic rings. The highest BCUT2D eigenvalue weighted by atomic mass is 32.2. The van der Waals surface area contributed by atoms with Crippen molar-refractivity contribution in [2.24, 2.45) is 0 Å². The molecule has 0 aromatic heterocycles. The van der Waals surface area contributed by atoms with E-state index in [4.69, 9.17) is 0 Å². The molecule has 1 aromatic carbocycles. The van der Waals surface area contributed by atoms with Gasteiger partial charge in [0.05, 0.1) is 0 Å². The van der Waals surface area contributed by atoms with Crippen LogP contribution < -0.4 is 4.90 Å². The van der Waals surface area contributed by atoms with Crippen LogP contribution in [0.3, 0.4) is 0 Å². The zero-order chi connectivity index (χ0) is 8.97. The number of nitrogens with zero attached hydrogens (tertiary/aromatic N) is 1. The van der Waals surface area contributed by atoms with Crippen molar-refractivity contribution >= 4 is 17.4 Å². The summed E-state index contributed by atoms with van der Waals surface area (Å²) in [6, 6.07) is 8.64. The normalized spacial score (nSPS) is 9.92. The predicted octanol–water partition coefficient (Wildman–Crippen LogP) is 2.86. The summed E-state index contributed by atoms with van der Waals surface area (Å²) in [4.78, 5) is 3.55. The Morgan fingerprint density at radius 2 is 1.83 bits per heavy atom. The van der Waals surface area contributed by atoms with Gasteiger partial charge in [0, 0.05) is 24.2 Å². The third-order valence-electron chi connectivity index (χ3n) is 1.99. The van der Waals surface area contributed by atoms with Gasteiger partial charge in [0.15, 0.2) is 0 Å². The molecule has 0 bridgehead atoms. The fourth-order valence-corrected chi connectivity index (χ4v) is 1.43. The maximum atomic E-state index is 2.23. The van der Waals surface area contributed by atoms with E-state index in [9.17, 15) is 0 Å². The monoisotopic (exact) mass is 181 g/mol. The molecule has 0 atom stereocenters. The van der Waals surface area contributed by atoms with E-state index in [-0.39, 0.29) is 0 Å². The van der Waals surface area contributed by atoms with E-state index < -0.39 is 0 Å². The van der Waals surface area contributed by atoms with Gasteiger partial charge in [-0.05, 0) is 37.4 Å². The average molecular weight is 181 g/mol. The molecular weight excluding hydrogens is 166 g/mol. The lowest BCUT2D eigenvalue weighted by Gasteiger charge is -2.16. The molecule has 66 valence electrons. The van der Waals surface area contributed by atoms with Crippen molar-refractivity contribution in [1.29, 1.82) is 0 Å². The minimum Gasteiger partial charge on any atom is -0.375 e. The summed E-state index contributed by atoms with van der Waals surface area (Å²) in [5, 5.41) is 0. The molecule has 0 aliphatic rings. The average Bonchev–Trinajstić information content (AvgIpc) is 2.17. The minimum atomic E-state index is 1.05. The molecular formula is C10H15NS. The highest BCUT2D eigenvalue weighted by Gasteiger charge is 1.96. The second-order valence-corrected chi connectivity index (χ2v) is 3.59. The van der Waals surface area contributed by atoms with Crippen molar-refractivity contribution in [2.75, 3.05) is 24.7 Å². The number of benzene rings is 1. The second kappa shape index (κ2) is 4.41. The maximum absolute atomic E-state index is 2.23. The molecule has 0 amide bonds. The van der Waals surface area contributed by atoms with Crippen molar-refractivity contribution in [3.8, 4) is 0 Å². The quantitative estimate of drug-likeness (QED) is 0.660. The highest BCUT2D eigenvalue weighted by Crippen LogP contribution is 2.19. The number of rotatable bonds is 3. The number of thioether (sulfide) groups is 1. The molecule has 0 saturated carbocycles. The Balaban J connectivity index is 2.77. The lowest BCUT2D eigenvalue weighted by atomic mass is 10.3.